The fourth-order valence-electron chi connectivity index (χ4n) is 2.45. The van der Waals surface area contributed by atoms with Gasteiger partial charge in [-0.3, -0.25) is 15.1 Å². The van der Waals surface area contributed by atoms with Crippen molar-refractivity contribution in [1.29, 1.82) is 0 Å². The van der Waals surface area contributed by atoms with Crippen LogP contribution in [0.1, 0.15) is 0 Å². The number of carbonyl (C=O) groups is 1. The topological polar surface area (TPSA) is 167 Å². The Bertz CT molecular complexity index is 681. The molecule has 0 aliphatic carbocycles. The zero-order valence-electron chi connectivity index (χ0n) is 11.9. The molecule has 0 aromatic carbocycles. The highest BCUT2D eigenvalue weighted by molar-refractivity contribution is 7.68. The third-order valence-corrected chi connectivity index (χ3v) is 5.05. The molecule has 3 rings (SSSR count). The predicted octanol–water partition coefficient (Wildman–Crippen LogP) is -3.18. The maximum atomic E-state index is 12.0. The first-order chi connectivity index (χ1) is 11.2. The van der Waals surface area contributed by atoms with E-state index in [9.17, 15) is 9.36 Å². The summed E-state index contributed by atoms with van der Waals surface area (Å²) in [5, 5.41) is 11.2. The molecule has 0 aromatic rings. The summed E-state index contributed by atoms with van der Waals surface area (Å²) < 4.78 is 21.0. The Morgan fingerprint density at radius 3 is 2.58 bits per heavy atom. The van der Waals surface area contributed by atoms with Crippen molar-refractivity contribution in [3.63, 3.8) is 0 Å². The number of carbonyl (C=O) groups excluding carboxylic acids is 1. The van der Waals surface area contributed by atoms with Crippen molar-refractivity contribution in [2.24, 2.45) is 5.73 Å². The lowest BCUT2D eigenvalue weighted by Crippen LogP contribution is -2.67. The van der Waals surface area contributed by atoms with Crippen LogP contribution in [0, 0.1) is 0 Å². The standard InChI is InChI=1S/C10H16N5O6PS2/c11-10-14-7-4(8(16)15-10)12-3-6(24)5(23)2(21-9(3)13-7)1-20-22(17,18)19/h2-3,9-10,12-14,23-24H,1,11H2,(H,15,16)(H2,17,18,19)/p-2/t2-,3+,9-,10?/m1/s1. The molecule has 4 atom stereocenters. The van der Waals surface area contributed by atoms with Crippen molar-refractivity contribution in [3.8, 4) is 0 Å². The van der Waals surface area contributed by atoms with Crippen molar-refractivity contribution in [2.45, 2.75) is 24.7 Å². The quantitative estimate of drug-likeness (QED) is 0.189. The van der Waals surface area contributed by atoms with Gasteiger partial charge in [0.15, 0.2) is 12.5 Å². The van der Waals surface area contributed by atoms with Crippen LogP contribution in [0.3, 0.4) is 0 Å². The highest BCUT2D eigenvalue weighted by Gasteiger charge is 2.38. The number of ether oxygens (including phenoxy) is 1. The van der Waals surface area contributed by atoms with Gasteiger partial charge in [0.1, 0.15) is 11.5 Å². The van der Waals surface area contributed by atoms with Crippen LogP contribution in [0.2, 0.25) is 0 Å². The molecule has 0 bridgehead atoms. The summed E-state index contributed by atoms with van der Waals surface area (Å²) in [6, 6.07) is -0.598. The van der Waals surface area contributed by atoms with E-state index in [1.165, 1.54) is 0 Å². The molecule has 0 saturated heterocycles. The van der Waals surface area contributed by atoms with Gasteiger partial charge in [-0.2, -0.15) is 9.81 Å². The van der Waals surface area contributed by atoms with E-state index in [4.69, 9.17) is 45.5 Å². The molecule has 14 heteroatoms. The van der Waals surface area contributed by atoms with E-state index in [1.807, 2.05) is 0 Å². The number of nitrogens with two attached hydrogens (primary N) is 1. The minimum absolute atomic E-state index is 0.180. The second-order valence-electron chi connectivity index (χ2n) is 5.17. The third kappa shape index (κ3) is 3.43. The second-order valence-corrected chi connectivity index (χ2v) is 7.29. The first-order valence-corrected chi connectivity index (χ1v) is 9.04. The summed E-state index contributed by atoms with van der Waals surface area (Å²) in [6.07, 6.45) is -2.41. The highest BCUT2D eigenvalue weighted by atomic mass is 32.1. The van der Waals surface area contributed by atoms with E-state index in [0.717, 1.165) is 0 Å². The summed E-state index contributed by atoms with van der Waals surface area (Å²) in [5.74, 6) is -0.0827. The lowest BCUT2D eigenvalue weighted by atomic mass is 10.1. The number of fused-ring (bicyclic) bond motifs is 1. The maximum Gasteiger partial charge on any atom is 0.469 e. The minimum Gasteiger partial charge on any atom is -0.783 e. The fourth-order valence-corrected chi connectivity index (χ4v) is 3.34. The molecule has 3 heterocycles. The number of amides is 1. The van der Waals surface area contributed by atoms with Gasteiger partial charge in [0.25, 0.3) is 5.91 Å². The van der Waals surface area contributed by atoms with Crippen LogP contribution in [-0.2, 0) is 43.9 Å². The molecule has 0 aromatic heterocycles. The van der Waals surface area contributed by atoms with Gasteiger partial charge in [-0.05, 0) is 0 Å². The fraction of sp³-hybridized carbons (Fsp3) is 0.500. The molecular formula is C10H14N5O6PS2-2. The Kier molecular flexibility index (Phi) is 4.61. The lowest BCUT2D eigenvalue weighted by molar-refractivity contribution is -0.120. The van der Waals surface area contributed by atoms with Gasteiger partial charge < -0.3 is 61.0 Å². The van der Waals surface area contributed by atoms with Crippen LogP contribution in [-0.4, -0.2) is 47.0 Å². The molecule has 24 heavy (non-hydrogen) atoms. The van der Waals surface area contributed by atoms with Gasteiger partial charge in [0.2, 0.25) is 0 Å². The van der Waals surface area contributed by atoms with Crippen LogP contribution < -0.4 is 27.0 Å². The number of phosphoric acid groups is 1. The Morgan fingerprint density at radius 1 is 1.21 bits per heavy atom. The number of phosphoric ester groups is 1. The van der Waals surface area contributed by atoms with Gasteiger partial charge in [-0.25, -0.2) is 4.57 Å². The number of rotatable bonds is 3. The molecule has 1 amide bonds. The highest BCUT2D eigenvalue weighted by Crippen LogP contribution is 2.37. The second kappa shape index (κ2) is 6.28. The van der Waals surface area contributed by atoms with Gasteiger partial charge in [0, 0.05) is 0 Å². The summed E-state index contributed by atoms with van der Waals surface area (Å²) in [7, 11) is -4.67. The van der Waals surface area contributed by atoms with E-state index >= 15 is 0 Å². The molecule has 0 radical (unpaired) electrons. The average molecular weight is 395 g/mol. The predicted molar refractivity (Wildman–Crippen MR) is 84.8 cm³/mol. The number of hydrogen-bond donors (Lipinski definition) is 7. The van der Waals surface area contributed by atoms with Crippen molar-refractivity contribution in [3.05, 3.63) is 21.3 Å². The molecular weight excluding hydrogens is 381 g/mol. The largest absolute Gasteiger partial charge is 0.783 e. The smallest absolute Gasteiger partial charge is 0.469 e. The first-order valence-electron chi connectivity index (χ1n) is 6.69. The minimum atomic E-state index is -4.67. The number of hydrogen-bond acceptors (Lipinski definition) is 10. The maximum absolute atomic E-state index is 12.0. The average Bonchev–Trinajstić information content (AvgIpc) is 2.47. The normalized spacial score (nSPS) is 32.9. The van der Waals surface area contributed by atoms with Crippen LogP contribution in [0.4, 0.5) is 0 Å². The van der Waals surface area contributed by atoms with Crippen LogP contribution in [0.15, 0.2) is 21.3 Å². The molecule has 134 valence electrons. The Balaban J connectivity index is 1.81. The lowest BCUT2D eigenvalue weighted by Gasteiger charge is -2.50. The molecule has 3 aliphatic rings. The zero-order valence-corrected chi connectivity index (χ0v) is 14.4. The van der Waals surface area contributed by atoms with Crippen LogP contribution in [0.5, 0.6) is 0 Å². The molecule has 1 unspecified atom stereocenters. The molecule has 11 nitrogen and oxygen atoms in total. The number of nitrogens with one attached hydrogen (secondary N) is 4. The molecule has 8 N–H and O–H groups in total. The molecule has 3 aliphatic heterocycles. The van der Waals surface area contributed by atoms with Gasteiger partial charge in [-0.1, -0.05) is 0 Å². The molecule has 0 fully saturated rings. The summed E-state index contributed by atoms with van der Waals surface area (Å²) in [6.45, 7) is -0.451. The third-order valence-electron chi connectivity index (χ3n) is 3.48. The van der Waals surface area contributed by atoms with Crippen molar-refractivity contribution >= 4 is 39.0 Å². The van der Waals surface area contributed by atoms with Gasteiger partial charge >= 0.3 is 7.82 Å². The first kappa shape index (κ1) is 17.6. The van der Waals surface area contributed by atoms with Crippen molar-refractivity contribution in [1.82, 2.24) is 21.3 Å². The van der Waals surface area contributed by atoms with E-state index in [-0.39, 0.29) is 10.6 Å². The van der Waals surface area contributed by atoms with Crippen LogP contribution >= 0.6 is 7.82 Å². The van der Waals surface area contributed by atoms with Gasteiger partial charge in [-0.15, -0.1) is 0 Å². The van der Waals surface area contributed by atoms with Crippen molar-refractivity contribution in [2.75, 3.05) is 6.61 Å². The SMILES string of the molecule is NC1NC(=O)C2=C(N1)N[C@@H]1O[C@H](COP(=O)(O)O)C([S-])=C([S-])[C@@H]1N2. The van der Waals surface area contributed by atoms with E-state index in [0.29, 0.717) is 10.7 Å². The Labute approximate surface area is 147 Å². The van der Waals surface area contributed by atoms with E-state index < -0.39 is 45.0 Å². The summed E-state index contributed by atoms with van der Waals surface area (Å²) in [5.41, 5.74) is 5.85. The van der Waals surface area contributed by atoms with Crippen molar-refractivity contribution < 1.29 is 28.4 Å². The monoisotopic (exact) mass is 395 g/mol. The summed E-state index contributed by atoms with van der Waals surface area (Å²) in [4.78, 5) is 30.0. The van der Waals surface area contributed by atoms with E-state index in [1.54, 1.807) is 0 Å². The zero-order chi connectivity index (χ0) is 17.6. The summed E-state index contributed by atoms with van der Waals surface area (Å²) >= 11 is 10.5. The van der Waals surface area contributed by atoms with E-state index in [2.05, 4.69) is 25.8 Å². The Hall–Kier alpha value is -1.18. The molecule has 0 spiro atoms. The van der Waals surface area contributed by atoms with Gasteiger partial charge in [0.05, 0.1) is 18.8 Å². The molecule has 0 saturated carbocycles. The Morgan fingerprint density at radius 2 is 1.92 bits per heavy atom. The van der Waals surface area contributed by atoms with Crippen LogP contribution in [0.25, 0.3) is 0 Å².